The van der Waals surface area contributed by atoms with Crippen LogP contribution < -0.4 is 5.32 Å². The molecule has 0 aliphatic heterocycles. The first-order valence-electron chi connectivity index (χ1n) is 7.29. The molecule has 0 saturated carbocycles. The fraction of sp³-hybridized carbons (Fsp3) is 0.353. The van der Waals surface area contributed by atoms with Gasteiger partial charge >= 0.3 is 0 Å². The second-order valence-corrected chi connectivity index (χ2v) is 5.95. The highest BCUT2D eigenvalue weighted by atomic mass is 79.9. The molecule has 2 rings (SSSR count). The Bertz CT molecular complexity index is 560. The molecular weight excluding hydrogens is 331 g/mol. The van der Waals surface area contributed by atoms with Gasteiger partial charge in [-0.2, -0.15) is 0 Å². The van der Waals surface area contributed by atoms with Crippen LogP contribution in [-0.2, 0) is 6.42 Å². The predicted octanol–water partition coefficient (Wildman–Crippen LogP) is 4.66. The van der Waals surface area contributed by atoms with Crippen LogP contribution in [0.1, 0.15) is 37.1 Å². The van der Waals surface area contributed by atoms with Gasteiger partial charge in [0.1, 0.15) is 5.82 Å². The van der Waals surface area contributed by atoms with Crippen molar-refractivity contribution in [1.82, 2.24) is 10.3 Å². The average molecular weight is 351 g/mol. The minimum Gasteiger partial charge on any atom is -0.310 e. The van der Waals surface area contributed by atoms with Crippen molar-refractivity contribution in [2.75, 3.05) is 6.54 Å². The molecule has 2 aromatic rings. The predicted molar refractivity (Wildman–Crippen MR) is 87.7 cm³/mol. The molecule has 2 nitrogen and oxygen atoms in total. The van der Waals surface area contributed by atoms with Crippen molar-refractivity contribution in [3.05, 3.63) is 64.1 Å². The second-order valence-electron chi connectivity index (χ2n) is 5.03. The third-order valence-electron chi connectivity index (χ3n) is 3.39. The maximum Gasteiger partial charge on any atom is 0.128 e. The lowest BCUT2D eigenvalue weighted by Gasteiger charge is -2.20. The summed E-state index contributed by atoms with van der Waals surface area (Å²) in [6, 6.07) is 11.0. The van der Waals surface area contributed by atoms with E-state index >= 15 is 0 Å². The Morgan fingerprint density at radius 2 is 2.14 bits per heavy atom. The van der Waals surface area contributed by atoms with Gasteiger partial charge in [0, 0.05) is 28.0 Å². The van der Waals surface area contributed by atoms with Crippen molar-refractivity contribution in [2.45, 2.75) is 32.2 Å². The summed E-state index contributed by atoms with van der Waals surface area (Å²) in [7, 11) is 0. The normalized spacial score (nSPS) is 12.3. The van der Waals surface area contributed by atoms with Gasteiger partial charge < -0.3 is 5.32 Å². The Hall–Kier alpha value is -1.26. The second kappa shape index (κ2) is 8.25. The molecule has 0 radical (unpaired) electrons. The monoisotopic (exact) mass is 350 g/mol. The number of nitrogens with zero attached hydrogens (tertiary/aromatic N) is 1. The lowest BCUT2D eigenvalue weighted by atomic mass is 10.00. The molecule has 112 valence electrons. The Balaban J connectivity index is 2.12. The lowest BCUT2D eigenvalue weighted by Crippen LogP contribution is -2.23. The molecule has 21 heavy (non-hydrogen) atoms. The highest BCUT2D eigenvalue weighted by Gasteiger charge is 2.15. The first-order chi connectivity index (χ1) is 10.2. The van der Waals surface area contributed by atoms with Gasteiger partial charge in [-0.3, -0.25) is 4.98 Å². The molecule has 4 heteroatoms. The van der Waals surface area contributed by atoms with Gasteiger partial charge in [-0.25, -0.2) is 4.39 Å². The number of hydrogen-bond donors (Lipinski definition) is 1. The summed E-state index contributed by atoms with van der Waals surface area (Å²) in [6.45, 7) is 2.99. The Morgan fingerprint density at radius 3 is 2.86 bits per heavy atom. The molecule has 0 aliphatic rings. The summed E-state index contributed by atoms with van der Waals surface area (Å²) in [5.41, 5.74) is 1.75. The smallest absolute Gasteiger partial charge is 0.128 e. The molecule has 0 amide bonds. The fourth-order valence-corrected chi connectivity index (χ4v) is 2.68. The number of rotatable bonds is 7. The number of halogens is 2. The van der Waals surface area contributed by atoms with Crippen molar-refractivity contribution < 1.29 is 4.39 Å². The summed E-state index contributed by atoms with van der Waals surface area (Å²) in [5.74, 6) is -0.159. The topological polar surface area (TPSA) is 24.9 Å². The van der Waals surface area contributed by atoms with E-state index in [2.05, 4.69) is 33.2 Å². The Labute approximate surface area is 133 Å². The minimum absolute atomic E-state index is 0.00413. The highest BCUT2D eigenvalue weighted by Crippen LogP contribution is 2.25. The van der Waals surface area contributed by atoms with Crippen LogP contribution in [0.5, 0.6) is 0 Å². The van der Waals surface area contributed by atoms with Crippen molar-refractivity contribution in [3.63, 3.8) is 0 Å². The summed E-state index contributed by atoms with van der Waals surface area (Å²) in [5, 5.41) is 3.44. The lowest BCUT2D eigenvalue weighted by molar-refractivity contribution is 0.472. The number of hydrogen-bond acceptors (Lipinski definition) is 2. The molecule has 0 bridgehead atoms. The molecule has 1 heterocycles. The number of pyridine rings is 1. The van der Waals surface area contributed by atoms with Gasteiger partial charge in [-0.15, -0.1) is 0 Å². The molecular formula is C17H20BrFN2. The van der Waals surface area contributed by atoms with Gasteiger partial charge in [0.25, 0.3) is 0 Å². The van der Waals surface area contributed by atoms with E-state index in [1.807, 2.05) is 24.3 Å². The molecule has 1 N–H and O–H groups in total. The largest absolute Gasteiger partial charge is 0.310 e. The molecule has 1 unspecified atom stereocenters. The third kappa shape index (κ3) is 4.90. The van der Waals surface area contributed by atoms with E-state index in [-0.39, 0.29) is 11.9 Å². The first kappa shape index (κ1) is 16.1. The molecule has 1 aromatic heterocycles. The molecule has 0 saturated heterocycles. The van der Waals surface area contributed by atoms with Gasteiger partial charge in [-0.1, -0.05) is 28.9 Å². The van der Waals surface area contributed by atoms with Crippen LogP contribution in [0.25, 0.3) is 0 Å². The van der Waals surface area contributed by atoms with E-state index in [4.69, 9.17) is 0 Å². The molecule has 0 fully saturated rings. The zero-order valence-electron chi connectivity index (χ0n) is 12.2. The summed E-state index contributed by atoms with van der Waals surface area (Å²) in [6.07, 6.45) is 4.47. The molecule has 0 spiro atoms. The van der Waals surface area contributed by atoms with E-state index < -0.39 is 0 Å². The van der Waals surface area contributed by atoms with E-state index in [0.29, 0.717) is 5.56 Å². The number of aryl methyl sites for hydroxylation is 1. The zero-order valence-corrected chi connectivity index (χ0v) is 13.7. The average Bonchev–Trinajstić information content (AvgIpc) is 2.51. The number of aromatic nitrogens is 1. The van der Waals surface area contributed by atoms with Crippen LogP contribution in [0.3, 0.4) is 0 Å². The van der Waals surface area contributed by atoms with Crippen LogP contribution in [0.2, 0.25) is 0 Å². The summed E-state index contributed by atoms with van der Waals surface area (Å²) < 4.78 is 15.0. The van der Waals surface area contributed by atoms with Crippen LogP contribution in [-0.4, -0.2) is 11.5 Å². The maximum atomic E-state index is 14.1. The van der Waals surface area contributed by atoms with Crippen molar-refractivity contribution in [3.8, 4) is 0 Å². The minimum atomic E-state index is -0.159. The van der Waals surface area contributed by atoms with Crippen LogP contribution in [0, 0.1) is 5.82 Å². The quantitative estimate of drug-likeness (QED) is 0.785. The maximum absolute atomic E-state index is 14.1. The SMILES string of the molecule is CCCNC(CCc1ccccn1)c1cc(Br)ccc1F. The standard InChI is InChI=1S/C17H20BrFN2/c1-2-10-21-17(9-7-14-5-3-4-11-20-14)15-12-13(18)6-8-16(15)19/h3-6,8,11-12,17,21H,2,7,9-10H2,1H3. The van der Waals surface area contributed by atoms with E-state index in [1.165, 1.54) is 6.07 Å². The van der Waals surface area contributed by atoms with E-state index in [0.717, 1.165) is 36.0 Å². The van der Waals surface area contributed by atoms with Gasteiger partial charge in [-0.05, 0) is 56.1 Å². The molecule has 1 atom stereocenters. The molecule has 1 aromatic carbocycles. The van der Waals surface area contributed by atoms with E-state index in [1.54, 1.807) is 12.3 Å². The van der Waals surface area contributed by atoms with Crippen LogP contribution in [0.15, 0.2) is 47.1 Å². The van der Waals surface area contributed by atoms with Crippen molar-refractivity contribution in [2.24, 2.45) is 0 Å². The Morgan fingerprint density at radius 1 is 1.29 bits per heavy atom. The summed E-state index contributed by atoms with van der Waals surface area (Å²) in [4.78, 5) is 4.33. The molecule has 0 aliphatic carbocycles. The highest BCUT2D eigenvalue weighted by molar-refractivity contribution is 9.10. The Kier molecular flexibility index (Phi) is 6.33. The van der Waals surface area contributed by atoms with Crippen molar-refractivity contribution >= 4 is 15.9 Å². The number of benzene rings is 1. The van der Waals surface area contributed by atoms with Gasteiger partial charge in [0.2, 0.25) is 0 Å². The van der Waals surface area contributed by atoms with Gasteiger partial charge in [0.15, 0.2) is 0 Å². The van der Waals surface area contributed by atoms with Gasteiger partial charge in [0.05, 0.1) is 0 Å². The first-order valence-corrected chi connectivity index (χ1v) is 8.08. The van der Waals surface area contributed by atoms with Crippen molar-refractivity contribution in [1.29, 1.82) is 0 Å². The third-order valence-corrected chi connectivity index (χ3v) is 3.88. The number of nitrogens with one attached hydrogen (secondary N) is 1. The summed E-state index contributed by atoms with van der Waals surface area (Å²) >= 11 is 3.42. The fourth-order valence-electron chi connectivity index (χ4n) is 2.31. The van der Waals surface area contributed by atoms with Crippen LogP contribution in [0.4, 0.5) is 4.39 Å². The van der Waals surface area contributed by atoms with Crippen LogP contribution >= 0.6 is 15.9 Å². The van der Waals surface area contributed by atoms with E-state index in [9.17, 15) is 4.39 Å². The zero-order chi connectivity index (χ0) is 15.1.